The topological polar surface area (TPSA) is 68.5 Å². The molecule has 2 heterocycles. The molecule has 0 fully saturated rings. The van der Waals surface area contributed by atoms with E-state index in [0.717, 1.165) is 0 Å². The minimum Gasteiger partial charge on any atom is -0.343 e. The molecule has 0 unspecified atom stereocenters. The number of halogens is 4. The second-order valence-electron chi connectivity index (χ2n) is 4.41. The predicted molar refractivity (Wildman–Crippen MR) is 70.0 cm³/mol. The Labute approximate surface area is 123 Å². The Balaban J connectivity index is 2.25. The maximum atomic E-state index is 12.5. The third kappa shape index (κ3) is 3.31. The Kier molecular flexibility index (Phi) is 4.05. The summed E-state index contributed by atoms with van der Waals surface area (Å²) in [5.74, 6) is 0.131. The molecule has 0 amide bonds. The molecular formula is C10H10Cl2F2N6. The van der Waals surface area contributed by atoms with Gasteiger partial charge in [-0.05, 0) is 43.1 Å². The summed E-state index contributed by atoms with van der Waals surface area (Å²) in [5.41, 5.74) is -0.404. The van der Waals surface area contributed by atoms with E-state index in [1.54, 1.807) is 13.8 Å². The van der Waals surface area contributed by atoms with E-state index in [9.17, 15) is 8.78 Å². The third-order valence-corrected chi connectivity index (χ3v) is 2.79. The summed E-state index contributed by atoms with van der Waals surface area (Å²) in [6.45, 7) is 0.772. The minimum absolute atomic E-state index is 0.0681. The molecule has 20 heavy (non-hydrogen) atoms. The second-order valence-corrected chi connectivity index (χ2v) is 5.08. The van der Waals surface area contributed by atoms with Crippen molar-refractivity contribution in [1.29, 1.82) is 0 Å². The molecule has 0 radical (unpaired) electrons. The molecule has 0 spiro atoms. The van der Waals surface area contributed by atoms with Gasteiger partial charge in [-0.2, -0.15) is 28.8 Å². The van der Waals surface area contributed by atoms with Crippen molar-refractivity contribution in [2.45, 2.75) is 25.9 Å². The van der Waals surface area contributed by atoms with E-state index in [-0.39, 0.29) is 16.5 Å². The summed E-state index contributed by atoms with van der Waals surface area (Å²) in [6, 6.07) is 1.48. The molecule has 2 rings (SSSR count). The van der Waals surface area contributed by atoms with Gasteiger partial charge in [0.1, 0.15) is 0 Å². The first-order valence-corrected chi connectivity index (χ1v) is 6.22. The highest BCUT2D eigenvalue weighted by Crippen LogP contribution is 2.24. The average Bonchev–Trinajstić information content (AvgIpc) is 2.76. The number of hydrogen-bond donors (Lipinski definition) is 1. The molecule has 0 aliphatic carbocycles. The molecule has 0 bridgehead atoms. The first kappa shape index (κ1) is 14.9. The molecule has 1 N–H and O–H groups in total. The molecule has 6 nitrogen and oxygen atoms in total. The van der Waals surface area contributed by atoms with Crippen LogP contribution in [0.5, 0.6) is 0 Å². The molecule has 2 aromatic rings. The number of rotatable bonds is 4. The van der Waals surface area contributed by atoms with Crippen molar-refractivity contribution in [2.24, 2.45) is 0 Å². The molecule has 2 aromatic heterocycles. The van der Waals surface area contributed by atoms with Crippen LogP contribution in [0, 0.1) is 0 Å². The summed E-state index contributed by atoms with van der Waals surface area (Å²) >= 11 is 11.3. The number of aromatic nitrogens is 5. The predicted octanol–water partition coefficient (Wildman–Crippen LogP) is 3.12. The van der Waals surface area contributed by atoms with Gasteiger partial charge in [0, 0.05) is 6.20 Å². The molecule has 10 heteroatoms. The van der Waals surface area contributed by atoms with Gasteiger partial charge in [0.15, 0.2) is 0 Å². The Hall–Kier alpha value is -1.54. The highest BCUT2D eigenvalue weighted by atomic mass is 35.5. The fourth-order valence-electron chi connectivity index (χ4n) is 1.51. The van der Waals surface area contributed by atoms with Crippen molar-refractivity contribution in [3.05, 3.63) is 28.5 Å². The van der Waals surface area contributed by atoms with Crippen LogP contribution in [0.15, 0.2) is 12.3 Å². The number of alkyl halides is 2. The molecule has 0 atom stereocenters. The van der Waals surface area contributed by atoms with Gasteiger partial charge in [0.2, 0.25) is 16.5 Å². The van der Waals surface area contributed by atoms with Crippen molar-refractivity contribution in [1.82, 2.24) is 24.7 Å². The van der Waals surface area contributed by atoms with E-state index in [4.69, 9.17) is 23.2 Å². The lowest BCUT2D eigenvalue weighted by atomic mass is 10.0. The van der Waals surface area contributed by atoms with Gasteiger partial charge in [0.05, 0.1) is 11.2 Å². The molecule has 0 aromatic carbocycles. The van der Waals surface area contributed by atoms with E-state index < -0.39 is 12.1 Å². The number of nitrogens with one attached hydrogen (secondary N) is 1. The van der Waals surface area contributed by atoms with Gasteiger partial charge in [-0.1, -0.05) is 0 Å². The summed E-state index contributed by atoms with van der Waals surface area (Å²) in [7, 11) is 0. The van der Waals surface area contributed by atoms with Gasteiger partial charge >= 0.3 is 6.55 Å². The van der Waals surface area contributed by atoms with Gasteiger partial charge < -0.3 is 5.32 Å². The number of nitrogens with zero attached hydrogens (tertiary/aromatic N) is 5. The lowest BCUT2D eigenvalue weighted by Crippen LogP contribution is -2.30. The van der Waals surface area contributed by atoms with Crippen LogP contribution in [0.2, 0.25) is 10.6 Å². The highest BCUT2D eigenvalue weighted by molar-refractivity contribution is 6.31. The Morgan fingerprint density at radius 3 is 2.30 bits per heavy atom. The van der Waals surface area contributed by atoms with Crippen LogP contribution in [0.1, 0.15) is 26.1 Å². The van der Waals surface area contributed by atoms with Crippen LogP contribution in [-0.4, -0.2) is 24.7 Å². The van der Waals surface area contributed by atoms with Gasteiger partial charge in [0.25, 0.3) is 0 Å². The number of hydrogen-bond acceptors (Lipinski definition) is 5. The van der Waals surface area contributed by atoms with Crippen molar-refractivity contribution >= 4 is 29.2 Å². The first-order chi connectivity index (χ1) is 9.28. The SMILES string of the molecule is CC(C)(Nc1nc(Cl)nc(Cl)n1)c1ccn(C(F)F)n1. The first-order valence-electron chi connectivity index (χ1n) is 5.47. The monoisotopic (exact) mass is 322 g/mol. The smallest absolute Gasteiger partial charge is 0.333 e. The fraction of sp³-hybridized carbons (Fsp3) is 0.400. The van der Waals surface area contributed by atoms with E-state index in [0.29, 0.717) is 10.4 Å². The zero-order valence-electron chi connectivity index (χ0n) is 10.5. The lowest BCUT2D eigenvalue weighted by Gasteiger charge is -2.24. The van der Waals surface area contributed by atoms with Crippen molar-refractivity contribution in [3.63, 3.8) is 0 Å². The van der Waals surface area contributed by atoms with Crippen LogP contribution in [0.25, 0.3) is 0 Å². The average molecular weight is 323 g/mol. The summed E-state index contributed by atoms with van der Waals surface area (Å²) in [6.07, 6.45) is 1.19. The van der Waals surface area contributed by atoms with Crippen LogP contribution in [-0.2, 0) is 5.54 Å². The molecule has 0 saturated carbocycles. The van der Waals surface area contributed by atoms with Crippen molar-refractivity contribution in [3.8, 4) is 0 Å². The maximum Gasteiger partial charge on any atom is 0.333 e. The fourth-order valence-corrected chi connectivity index (χ4v) is 1.87. The van der Waals surface area contributed by atoms with E-state index in [1.165, 1.54) is 12.3 Å². The summed E-state index contributed by atoms with van der Waals surface area (Å²) in [4.78, 5) is 11.3. The highest BCUT2D eigenvalue weighted by Gasteiger charge is 2.25. The van der Waals surface area contributed by atoms with Gasteiger partial charge in [-0.15, -0.1) is 0 Å². The summed E-state index contributed by atoms with van der Waals surface area (Å²) in [5, 5.41) is 6.57. The Bertz CT molecular complexity index is 595. The van der Waals surface area contributed by atoms with Crippen LogP contribution in [0.3, 0.4) is 0 Å². The van der Waals surface area contributed by atoms with Crippen LogP contribution in [0.4, 0.5) is 14.7 Å². The third-order valence-electron chi connectivity index (χ3n) is 2.45. The van der Waals surface area contributed by atoms with Crippen LogP contribution >= 0.6 is 23.2 Å². The zero-order chi connectivity index (χ0) is 14.9. The summed E-state index contributed by atoms with van der Waals surface area (Å²) < 4.78 is 25.6. The Morgan fingerprint density at radius 1 is 1.20 bits per heavy atom. The Morgan fingerprint density at radius 2 is 1.80 bits per heavy atom. The molecule has 0 aliphatic heterocycles. The number of anilines is 1. The second kappa shape index (κ2) is 5.45. The maximum absolute atomic E-state index is 12.5. The van der Waals surface area contributed by atoms with E-state index in [1.807, 2.05) is 0 Å². The minimum atomic E-state index is -2.69. The molecular weight excluding hydrogens is 313 g/mol. The van der Waals surface area contributed by atoms with E-state index >= 15 is 0 Å². The van der Waals surface area contributed by atoms with Gasteiger partial charge in [-0.25, -0.2) is 4.68 Å². The largest absolute Gasteiger partial charge is 0.343 e. The standard InChI is InChI=1S/C10H10Cl2F2N6/c1-10(2,5-3-4-20(19-5)8(13)14)18-9-16-6(11)15-7(12)17-9/h3-4,8H,1-2H3,(H,15,16,17,18). The molecule has 0 aliphatic rings. The lowest BCUT2D eigenvalue weighted by molar-refractivity contribution is 0.0558. The van der Waals surface area contributed by atoms with Crippen molar-refractivity contribution < 1.29 is 8.78 Å². The van der Waals surface area contributed by atoms with Crippen LogP contribution < -0.4 is 5.32 Å². The van der Waals surface area contributed by atoms with Crippen molar-refractivity contribution in [2.75, 3.05) is 5.32 Å². The molecule has 0 saturated heterocycles. The van der Waals surface area contributed by atoms with Gasteiger partial charge in [-0.3, -0.25) is 0 Å². The normalized spacial score (nSPS) is 11.9. The quantitative estimate of drug-likeness (QED) is 0.936. The van der Waals surface area contributed by atoms with E-state index in [2.05, 4.69) is 25.4 Å². The zero-order valence-corrected chi connectivity index (χ0v) is 12.0. The molecule has 108 valence electrons.